The summed E-state index contributed by atoms with van der Waals surface area (Å²) in [6, 6.07) is 10.3. The second-order valence-corrected chi connectivity index (χ2v) is 8.26. The zero-order valence-corrected chi connectivity index (χ0v) is 18.6. The van der Waals surface area contributed by atoms with Crippen LogP contribution in [0.25, 0.3) is 0 Å². The smallest absolute Gasteiger partial charge is 0.225 e. The fourth-order valence-corrected chi connectivity index (χ4v) is 3.74. The molecule has 0 saturated heterocycles. The number of nitrogens with one attached hydrogen (secondary N) is 2. The molecule has 0 fully saturated rings. The molecule has 0 aliphatic carbocycles. The predicted molar refractivity (Wildman–Crippen MR) is 124 cm³/mol. The molecule has 6 nitrogen and oxygen atoms in total. The Balaban J connectivity index is 1.63. The van der Waals surface area contributed by atoms with E-state index in [0.29, 0.717) is 5.95 Å². The molecule has 1 atom stereocenters. The molecule has 4 bridgehead atoms. The molecule has 2 N–H and O–H groups in total. The lowest BCUT2D eigenvalue weighted by Crippen LogP contribution is -2.22. The highest BCUT2D eigenvalue weighted by atomic mass is 16.5. The van der Waals surface area contributed by atoms with Crippen LogP contribution in [0.5, 0.6) is 5.75 Å². The molecule has 0 radical (unpaired) electrons. The Labute approximate surface area is 181 Å². The fourth-order valence-electron chi connectivity index (χ4n) is 3.74. The minimum absolute atomic E-state index is 0.0905. The summed E-state index contributed by atoms with van der Waals surface area (Å²) in [5.41, 5.74) is 1.16. The summed E-state index contributed by atoms with van der Waals surface area (Å²) >= 11 is 0. The van der Waals surface area contributed by atoms with Gasteiger partial charge < -0.3 is 20.3 Å². The van der Waals surface area contributed by atoms with E-state index in [1.54, 1.807) is 6.20 Å². The van der Waals surface area contributed by atoms with Gasteiger partial charge in [0.2, 0.25) is 5.95 Å². The topological polar surface area (TPSA) is 62.3 Å². The number of nitrogens with zero attached hydrogens (tertiary/aromatic N) is 3. The number of hydrogen-bond donors (Lipinski definition) is 2. The van der Waals surface area contributed by atoms with Crippen LogP contribution in [-0.4, -0.2) is 48.2 Å². The van der Waals surface area contributed by atoms with E-state index in [0.717, 1.165) is 43.2 Å². The van der Waals surface area contributed by atoms with Crippen LogP contribution in [0.1, 0.15) is 63.5 Å². The SMILES string of the molecule is C[C@H]1Nc2nccc(n2)NCCCCCCCCN(C)CCCOc2cccc1c2. The Kier molecular flexibility index (Phi) is 9.22. The second kappa shape index (κ2) is 12.4. The third-order valence-electron chi connectivity index (χ3n) is 5.58. The van der Waals surface area contributed by atoms with Gasteiger partial charge in [-0.1, -0.05) is 37.8 Å². The van der Waals surface area contributed by atoms with Gasteiger partial charge in [0.05, 0.1) is 12.6 Å². The Morgan fingerprint density at radius 1 is 1.00 bits per heavy atom. The summed E-state index contributed by atoms with van der Waals surface area (Å²) in [7, 11) is 2.22. The molecule has 3 rings (SSSR count). The van der Waals surface area contributed by atoms with Crippen LogP contribution in [0, 0.1) is 0 Å². The molecule has 2 aromatic rings. The van der Waals surface area contributed by atoms with E-state index in [1.165, 1.54) is 45.1 Å². The maximum absolute atomic E-state index is 6.00. The summed E-state index contributed by atoms with van der Waals surface area (Å²) in [5.74, 6) is 2.44. The number of fused-ring (bicyclic) bond motifs is 4. The highest BCUT2D eigenvalue weighted by molar-refractivity contribution is 5.41. The Morgan fingerprint density at radius 3 is 2.70 bits per heavy atom. The van der Waals surface area contributed by atoms with E-state index >= 15 is 0 Å². The van der Waals surface area contributed by atoms with Crippen LogP contribution in [0.3, 0.4) is 0 Å². The molecule has 2 heterocycles. The van der Waals surface area contributed by atoms with Gasteiger partial charge in [0.1, 0.15) is 11.6 Å². The largest absolute Gasteiger partial charge is 0.494 e. The summed E-state index contributed by atoms with van der Waals surface area (Å²) in [6.45, 7) is 6.07. The van der Waals surface area contributed by atoms with Gasteiger partial charge in [-0.25, -0.2) is 4.98 Å². The first-order chi connectivity index (χ1) is 14.7. The van der Waals surface area contributed by atoms with Crippen molar-refractivity contribution in [2.75, 3.05) is 43.9 Å². The normalized spacial score (nSPS) is 20.5. The Hall–Kier alpha value is -2.34. The van der Waals surface area contributed by atoms with Gasteiger partial charge in [-0.3, -0.25) is 0 Å². The molecule has 6 heteroatoms. The van der Waals surface area contributed by atoms with Crippen molar-refractivity contribution < 1.29 is 4.74 Å². The van der Waals surface area contributed by atoms with Crippen molar-refractivity contribution in [3.63, 3.8) is 0 Å². The summed E-state index contributed by atoms with van der Waals surface area (Å²) in [4.78, 5) is 11.4. The lowest BCUT2D eigenvalue weighted by atomic mass is 10.1. The molecule has 1 aliphatic heterocycles. The van der Waals surface area contributed by atoms with Gasteiger partial charge in [0.15, 0.2) is 0 Å². The third-order valence-corrected chi connectivity index (χ3v) is 5.58. The van der Waals surface area contributed by atoms with E-state index < -0.39 is 0 Å². The van der Waals surface area contributed by atoms with E-state index in [9.17, 15) is 0 Å². The maximum Gasteiger partial charge on any atom is 0.225 e. The summed E-state index contributed by atoms with van der Waals surface area (Å²) in [6.07, 6.45) is 10.5. The minimum atomic E-state index is 0.0905. The van der Waals surface area contributed by atoms with Crippen LogP contribution in [0.2, 0.25) is 0 Å². The number of anilines is 2. The molecule has 0 saturated carbocycles. The molecule has 1 aromatic heterocycles. The molecule has 0 unspecified atom stereocenters. The zero-order chi connectivity index (χ0) is 21.0. The molecule has 0 spiro atoms. The monoisotopic (exact) mass is 411 g/mol. The quantitative estimate of drug-likeness (QED) is 0.628. The first-order valence-corrected chi connectivity index (χ1v) is 11.5. The van der Waals surface area contributed by atoms with Crippen LogP contribution in [-0.2, 0) is 0 Å². The van der Waals surface area contributed by atoms with Crippen molar-refractivity contribution >= 4 is 11.8 Å². The zero-order valence-electron chi connectivity index (χ0n) is 18.6. The highest BCUT2D eigenvalue weighted by Gasteiger charge is 2.09. The molecular weight excluding hydrogens is 374 g/mol. The van der Waals surface area contributed by atoms with Gasteiger partial charge in [0, 0.05) is 19.3 Å². The van der Waals surface area contributed by atoms with E-state index in [-0.39, 0.29) is 6.04 Å². The van der Waals surface area contributed by atoms with E-state index in [1.807, 2.05) is 18.2 Å². The summed E-state index contributed by atoms with van der Waals surface area (Å²) in [5, 5.41) is 6.84. The molecule has 30 heavy (non-hydrogen) atoms. The van der Waals surface area contributed by atoms with Gasteiger partial charge in [-0.05, 0) is 63.5 Å². The van der Waals surface area contributed by atoms with Crippen LogP contribution in [0.15, 0.2) is 36.5 Å². The standard InChI is InChI=1S/C24H37N5O/c1-20-21-11-9-12-22(19-21)30-18-10-17-29(2)16-8-6-4-3-5-7-14-25-23-13-15-26-24(27-20)28-23/h9,11-13,15,19-20H,3-8,10,14,16-18H2,1-2H3,(H2,25,26,27,28)/t20-/m1/s1. The van der Waals surface area contributed by atoms with Crippen molar-refractivity contribution in [2.45, 2.75) is 57.9 Å². The first-order valence-electron chi connectivity index (χ1n) is 11.5. The van der Waals surface area contributed by atoms with Gasteiger partial charge in [0.25, 0.3) is 0 Å². The van der Waals surface area contributed by atoms with Gasteiger partial charge >= 0.3 is 0 Å². The Morgan fingerprint density at radius 2 is 1.80 bits per heavy atom. The van der Waals surface area contributed by atoms with Crippen molar-refractivity contribution in [3.05, 3.63) is 42.1 Å². The van der Waals surface area contributed by atoms with Gasteiger partial charge in [-0.2, -0.15) is 4.98 Å². The van der Waals surface area contributed by atoms with Crippen molar-refractivity contribution in [1.29, 1.82) is 0 Å². The third kappa shape index (κ3) is 7.82. The average Bonchev–Trinajstić information content (AvgIpc) is 2.75. The second-order valence-electron chi connectivity index (χ2n) is 8.26. The molecule has 1 aromatic carbocycles. The van der Waals surface area contributed by atoms with Crippen LogP contribution in [0.4, 0.5) is 11.8 Å². The van der Waals surface area contributed by atoms with Crippen molar-refractivity contribution in [1.82, 2.24) is 14.9 Å². The molecule has 164 valence electrons. The van der Waals surface area contributed by atoms with Crippen LogP contribution >= 0.6 is 0 Å². The highest BCUT2D eigenvalue weighted by Crippen LogP contribution is 2.22. The van der Waals surface area contributed by atoms with E-state index in [2.05, 4.69) is 51.6 Å². The van der Waals surface area contributed by atoms with Crippen molar-refractivity contribution in [3.8, 4) is 5.75 Å². The Bertz CT molecular complexity index is 754. The molecular formula is C24H37N5O. The summed E-state index contributed by atoms with van der Waals surface area (Å²) < 4.78 is 6.00. The average molecular weight is 412 g/mol. The predicted octanol–water partition coefficient (Wildman–Crippen LogP) is 5.12. The fraction of sp³-hybridized carbons (Fsp3) is 0.583. The number of rotatable bonds is 0. The maximum atomic E-state index is 6.00. The molecule has 0 amide bonds. The first kappa shape index (κ1) is 22.3. The number of aromatic nitrogens is 2. The van der Waals surface area contributed by atoms with Crippen molar-refractivity contribution in [2.24, 2.45) is 0 Å². The number of ether oxygens (including phenoxy) is 1. The molecule has 1 aliphatic rings. The lowest BCUT2D eigenvalue weighted by molar-refractivity contribution is 0.259. The van der Waals surface area contributed by atoms with Crippen LogP contribution < -0.4 is 15.4 Å². The number of benzene rings is 1. The van der Waals surface area contributed by atoms with Gasteiger partial charge in [-0.15, -0.1) is 0 Å². The van der Waals surface area contributed by atoms with E-state index in [4.69, 9.17) is 4.74 Å². The minimum Gasteiger partial charge on any atom is -0.494 e. The number of hydrogen-bond acceptors (Lipinski definition) is 6. The lowest BCUT2D eigenvalue weighted by Gasteiger charge is -2.18.